The number of carbonyl (C=O) groups is 2. The van der Waals surface area contributed by atoms with Gasteiger partial charge in [-0.25, -0.2) is 14.6 Å². The first-order chi connectivity index (χ1) is 8.45. The summed E-state index contributed by atoms with van der Waals surface area (Å²) in [5.41, 5.74) is -0.536. The largest absolute Gasteiger partial charge is 0.476 e. The van der Waals surface area contributed by atoms with E-state index in [1.165, 1.54) is 12.1 Å². The topological polar surface area (TPSA) is 88.5 Å². The Morgan fingerprint density at radius 2 is 2.22 bits per heavy atom. The van der Waals surface area contributed by atoms with E-state index in [-0.39, 0.29) is 22.5 Å². The molecule has 0 fully saturated rings. The summed E-state index contributed by atoms with van der Waals surface area (Å²) in [6, 6.07) is 1.18. The number of hydrogen-bond acceptors (Lipinski definition) is 4. The second-order valence-corrected chi connectivity index (χ2v) is 3.74. The number of pyridine rings is 1. The second kappa shape index (κ2) is 6.23. The zero-order chi connectivity index (χ0) is 13.7. The zero-order valence-electron chi connectivity index (χ0n) is 8.94. The van der Waals surface area contributed by atoms with E-state index in [2.05, 4.69) is 21.6 Å². The minimum Gasteiger partial charge on any atom is -0.476 e. The summed E-state index contributed by atoms with van der Waals surface area (Å²) in [7, 11) is 0. The van der Waals surface area contributed by atoms with Crippen LogP contribution in [0, 0.1) is 0 Å². The van der Waals surface area contributed by atoms with Gasteiger partial charge in [0.25, 0.3) is 0 Å². The molecule has 0 spiro atoms. The molecule has 0 bridgehead atoms. The minimum atomic E-state index is -1.35. The van der Waals surface area contributed by atoms with Gasteiger partial charge in [-0.2, -0.15) is 0 Å². The molecule has 1 aromatic rings. The van der Waals surface area contributed by atoms with Crippen molar-refractivity contribution in [2.24, 2.45) is 0 Å². The van der Waals surface area contributed by atoms with Gasteiger partial charge in [0.2, 0.25) is 0 Å². The van der Waals surface area contributed by atoms with E-state index in [1.807, 2.05) is 0 Å². The van der Waals surface area contributed by atoms with Crippen molar-refractivity contribution >= 4 is 41.0 Å². The van der Waals surface area contributed by atoms with Crippen molar-refractivity contribution in [2.45, 2.75) is 0 Å². The lowest BCUT2D eigenvalue weighted by Crippen LogP contribution is -2.17. The third-order valence-corrected chi connectivity index (χ3v) is 2.38. The molecule has 1 rings (SSSR count). The molecule has 1 heterocycles. The summed E-state index contributed by atoms with van der Waals surface area (Å²) < 4.78 is 4.64. The van der Waals surface area contributed by atoms with Gasteiger partial charge in [0.1, 0.15) is 11.8 Å². The van der Waals surface area contributed by atoms with Crippen LogP contribution in [0.2, 0.25) is 10.2 Å². The van der Waals surface area contributed by atoms with Gasteiger partial charge in [0.15, 0.2) is 5.69 Å². The summed E-state index contributed by atoms with van der Waals surface area (Å²) in [5.74, 6) is -1.35. The maximum absolute atomic E-state index is 11.3. The number of rotatable bonds is 4. The highest BCUT2D eigenvalue weighted by molar-refractivity contribution is 6.41. The average Bonchev–Trinajstić information content (AvgIpc) is 2.30. The number of nitrogens with zero attached hydrogens (tertiary/aromatic N) is 1. The molecule has 0 aliphatic heterocycles. The van der Waals surface area contributed by atoms with Gasteiger partial charge >= 0.3 is 12.1 Å². The molecule has 2 N–H and O–H groups in total. The molecule has 0 aromatic carbocycles. The number of carboxylic acid groups (broad SMARTS) is 1. The van der Waals surface area contributed by atoms with Crippen molar-refractivity contribution in [3.8, 4) is 0 Å². The van der Waals surface area contributed by atoms with Crippen LogP contribution < -0.4 is 5.32 Å². The maximum atomic E-state index is 11.3. The second-order valence-electron chi connectivity index (χ2n) is 2.97. The number of carbonyl (C=O) groups excluding carboxylic acids is 1. The van der Waals surface area contributed by atoms with Gasteiger partial charge < -0.3 is 9.84 Å². The molecule has 1 amide bonds. The Hall–Kier alpha value is -1.79. The third-order valence-electron chi connectivity index (χ3n) is 1.70. The molecule has 0 radical (unpaired) electrons. The molecule has 0 aliphatic carbocycles. The van der Waals surface area contributed by atoms with E-state index in [9.17, 15) is 9.59 Å². The molecule has 0 saturated carbocycles. The number of carboxylic acids is 1. The SMILES string of the molecule is C=CCOC(=O)Nc1cc(Cl)c(Cl)nc1C(=O)O. The van der Waals surface area contributed by atoms with E-state index in [4.69, 9.17) is 28.3 Å². The highest BCUT2D eigenvalue weighted by Gasteiger charge is 2.17. The average molecular weight is 291 g/mol. The van der Waals surface area contributed by atoms with Crippen LogP contribution in [0.3, 0.4) is 0 Å². The summed E-state index contributed by atoms with van der Waals surface area (Å²) in [6.07, 6.45) is 0.516. The smallest absolute Gasteiger partial charge is 0.412 e. The quantitative estimate of drug-likeness (QED) is 0.657. The van der Waals surface area contributed by atoms with E-state index >= 15 is 0 Å². The Morgan fingerprint density at radius 1 is 1.56 bits per heavy atom. The van der Waals surface area contributed by atoms with Crippen molar-refractivity contribution in [1.29, 1.82) is 0 Å². The van der Waals surface area contributed by atoms with E-state index in [0.29, 0.717) is 0 Å². The molecule has 0 aliphatic rings. The minimum absolute atomic E-state index is 0.0109. The van der Waals surface area contributed by atoms with Gasteiger partial charge in [-0.1, -0.05) is 35.9 Å². The number of ether oxygens (including phenoxy) is 1. The fourth-order valence-electron chi connectivity index (χ4n) is 1.01. The predicted octanol–water partition coefficient (Wildman–Crippen LogP) is 2.82. The number of aromatic carboxylic acids is 1. The number of anilines is 1. The van der Waals surface area contributed by atoms with Gasteiger partial charge in [-0.15, -0.1) is 0 Å². The van der Waals surface area contributed by atoms with Gasteiger partial charge in [0, 0.05) is 0 Å². The number of aromatic nitrogens is 1. The molecule has 1 aromatic heterocycles. The lowest BCUT2D eigenvalue weighted by molar-refractivity contribution is 0.0692. The van der Waals surface area contributed by atoms with Crippen molar-refractivity contribution in [3.63, 3.8) is 0 Å². The fraction of sp³-hybridized carbons (Fsp3) is 0.100. The Labute approximate surface area is 112 Å². The van der Waals surface area contributed by atoms with Crippen LogP contribution in [0.1, 0.15) is 10.5 Å². The highest BCUT2D eigenvalue weighted by Crippen LogP contribution is 2.26. The third kappa shape index (κ3) is 3.61. The van der Waals surface area contributed by atoms with Crippen molar-refractivity contribution in [3.05, 3.63) is 34.6 Å². The van der Waals surface area contributed by atoms with Crippen LogP contribution >= 0.6 is 23.2 Å². The molecule has 0 atom stereocenters. The van der Waals surface area contributed by atoms with Crippen molar-refractivity contribution < 1.29 is 19.4 Å². The molecular formula is C10H8Cl2N2O4. The number of hydrogen-bond donors (Lipinski definition) is 2. The predicted molar refractivity (Wildman–Crippen MR) is 66.4 cm³/mol. The molecule has 18 heavy (non-hydrogen) atoms. The van der Waals surface area contributed by atoms with Crippen LogP contribution in [0.25, 0.3) is 0 Å². The lowest BCUT2D eigenvalue weighted by atomic mass is 10.3. The molecule has 6 nitrogen and oxygen atoms in total. The molecular weight excluding hydrogens is 283 g/mol. The Morgan fingerprint density at radius 3 is 2.78 bits per heavy atom. The summed E-state index contributed by atoms with van der Waals surface area (Å²) in [5, 5.41) is 10.9. The van der Waals surface area contributed by atoms with Gasteiger partial charge in [-0.3, -0.25) is 5.32 Å². The molecule has 0 unspecified atom stereocenters. The lowest BCUT2D eigenvalue weighted by Gasteiger charge is -2.08. The van der Waals surface area contributed by atoms with E-state index < -0.39 is 17.8 Å². The fourth-order valence-corrected chi connectivity index (χ4v) is 1.30. The van der Waals surface area contributed by atoms with Crippen LogP contribution in [-0.2, 0) is 4.74 Å². The first-order valence-corrected chi connectivity index (χ1v) is 5.35. The first kappa shape index (κ1) is 14.3. The number of halogens is 2. The van der Waals surface area contributed by atoms with E-state index in [0.717, 1.165) is 0 Å². The first-order valence-electron chi connectivity index (χ1n) is 4.59. The standard InChI is InChI=1S/C10H8Cl2N2O4/c1-2-3-18-10(17)13-6-4-5(11)8(12)14-7(6)9(15)16/h2,4H,1,3H2,(H,13,17)(H,15,16). The Kier molecular flexibility index (Phi) is 4.94. The van der Waals surface area contributed by atoms with Gasteiger partial charge in [-0.05, 0) is 6.07 Å². The summed E-state index contributed by atoms with van der Waals surface area (Å²) in [4.78, 5) is 25.7. The zero-order valence-corrected chi connectivity index (χ0v) is 10.5. The van der Waals surface area contributed by atoms with Gasteiger partial charge in [0.05, 0.1) is 10.7 Å². The molecule has 0 saturated heterocycles. The van der Waals surface area contributed by atoms with Crippen LogP contribution in [-0.4, -0.2) is 28.8 Å². The van der Waals surface area contributed by atoms with Crippen molar-refractivity contribution in [2.75, 3.05) is 11.9 Å². The number of amides is 1. The Balaban J connectivity index is 3.00. The maximum Gasteiger partial charge on any atom is 0.412 e. The van der Waals surface area contributed by atoms with Crippen molar-refractivity contribution in [1.82, 2.24) is 4.98 Å². The molecule has 8 heteroatoms. The van der Waals surface area contributed by atoms with Crippen LogP contribution in [0.5, 0.6) is 0 Å². The van der Waals surface area contributed by atoms with Crippen LogP contribution in [0.15, 0.2) is 18.7 Å². The Bertz CT molecular complexity index is 505. The molecule has 96 valence electrons. The van der Waals surface area contributed by atoms with Crippen LogP contribution in [0.4, 0.5) is 10.5 Å². The monoisotopic (exact) mass is 290 g/mol. The summed E-state index contributed by atoms with van der Waals surface area (Å²) in [6.45, 7) is 3.35. The summed E-state index contributed by atoms with van der Waals surface area (Å²) >= 11 is 11.3. The number of nitrogens with one attached hydrogen (secondary N) is 1. The normalized spacial score (nSPS) is 9.67. The van der Waals surface area contributed by atoms with E-state index in [1.54, 1.807) is 0 Å². The highest BCUT2D eigenvalue weighted by atomic mass is 35.5.